The van der Waals surface area contributed by atoms with Crippen molar-refractivity contribution in [3.05, 3.63) is 30.5 Å². The Bertz CT molecular complexity index is 426. The number of hydrogen-bond donors (Lipinski definition) is 1. The summed E-state index contributed by atoms with van der Waals surface area (Å²) in [5.41, 5.74) is 0.756. The Morgan fingerprint density at radius 1 is 1.36 bits per heavy atom. The standard InChI is InChI=1S/C10H9NO2S/c1-13-7-2-3-9(12)8(6-7)10-4-5-11-14-10/h2-6,12H,1H3. The lowest BCUT2D eigenvalue weighted by molar-refractivity contribution is 0.412. The zero-order valence-corrected chi connectivity index (χ0v) is 8.41. The molecular weight excluding hydrogens is 198 g/mol. The second-order valence-electron chi connectivity index (χ2n) is 2.76. The van der Waals surface area contributed by atoms with Gasteiger partial charge in [-0.1, -0.05) is 0 Å². The van der Waals surface area contributed by atoms with Crippen LogP contribution in [0.4, 0.5) is 0 Å². The van der Waals surface area contributed by atoms with Crippen LogP contribution in [0.3, 0.4) is 0 Å². The molecule has 0 unspecified atom stereocenters. The molecular formula is C10H9NO2S. The first-order valence-corrected chi connectivity index (χ1v) is 4.86. The highest BCUT2D eigenvalue weighted by molar-refractivity contribution is 7.09. The van der Waals surface area contributed by atoms with Crippen LogP contribution in [0.5, 0.6) is 11.5 Å². The molecule has 0 fully saturated rings. The average molecular weight is 207 g/mol. The fraction of sp³-hybridized carbons (Fsp3) is 0.100. The SMILES string of the molecule is COc1ccc(O)c(-c2ccns2)c1. The topological polar surface area (TPSA) is 42.4 Å². The molecule has 1 aromatic carbocycles. The lowest BCUT2D eigenvalue weighted by atomic mass is 10.1. The van der Waals surface area contributed by atoms with E-state index in [1.54, 1.807) is 31.5 Å². The van der Waals surface area contributed by atoms with Crippen LogP contribution in [-0.4, -0.2) is 16.6 Å². The van der Waals surface area contributed by atoms with Crippen LogP contribution in [-0.2, 0) is 0 Å². The summed E-state index contributed by atoms with van der Waals surface area (Å²) in [5, 5.41) is 9.63. The number of methoxy groups -OCH3 is 1. The van der Waals surface area contributed by atoms with Gasteiger partial charge < -0.3 is 9.84 Å². The Labute approximate surface area is 85.8 Å². The van der Waals surface area contributed by atoms with Crippen LogP contribution >= 0.6 is 11.5 Å². The predicted octanol–water partition coefficient (Wildman–Crippen LogP) is 2.52. The first kappa shape index (κ1) is 9.02. The van der Waals surface area contributed by atoms with Gasteiger partial charge in [-0.3, -0.25) is 0 Å². The van der Waals surface area contributed by atoms with Gasteiger partial charge in [0.1, 0.15) is 11.5 Å². The summed E-state index contributed by atoms with van der Waals surface area (Å²) in [6, 6.07) is 7.00. The van der Waals surface area contributed by atoms with Crippen molar-refractivity contribution in [2.24, 2.45) is 0 Å². The summed E-state index contributed by atoms with van der Waals surface area (Å²) < 4.78 is 9.07. The Morgan fingerprint density at radius 3 is 2.86 bits per heavy atom. The van der Waals surface area contributed by atoms with E-state index in [1.807, 2.05) is 6.07 Å². The van der Waals surface area contributed by atoms with Crippen molar-refractivity contribution in [1.29, 1.82) is 0 Å². The van der Waals surface area contributed by atoms with Gasteiger partial charge in [0, 0.05) is 11.8 Å². The van der Waals surface area contributed by atoms with E-state index in [0.29, 0.717) is 0 Å². The van der Waals surface area contributed by atoms with Gasteiger partial charge in [-0.2, -0.15) is 0 Å². The molecule has 2 aromatic rings. The van der Waals surface area contributed by atoms with Crippen LogP contribution in [0.15, 0.2) is 30.5 Å². The number of phenols is 1. The van der Waals surface area contributed by atoms with Gasteiger partial charge in [-0.05, 0) is 35.8 Å². The predicted molar refractivity (Wildman–Crippen MR) is 55.8 cm³/mol. The summed E-state index contributed by atoms with van der Waals surface area (Å²) >= 11 is 1.34. The molecule has 1 heterocycles. The Balaban J connectivity index is 2.51. The smallest absolute Gasteiger partial charge is 0.124 e. The number of ether oxygens (including phenoxy) is 1. The lowest BCUT2D eigenvalue weighted by Crippen LogP contribution is -1.83. The molecule has 0 radical (unpaired) electrons. The second kappa shape index (κ2) is 3.67. The molecule has 2 rings (SSSR count). The normalized spacial score (nSPS) is 10.1. The van der Waals surface area contributed by atoms with Crippen molar-refractivity contribution in [3.8, 4) is 21.9 Å². The highest BCUT2D eigenvalue weighted by atomic mass is 32.1. The summed E-state index contributed by atoms with van der Waals surface area (Å²) in [7, 11) is 1.60. The molecule has 14 heavy (non-hydrogen) atoms. The summed E-state index contributed by atoms with van der Waals surface area (Å²) in [6.45, 7) is 0. The van der Waals surface area contributed by atoms with E-state index in [4.69, 9.17) is 4.74 Å². The third-order valence-electron chi connectivity index (χ3n) is 1.91. The molecule has 1 aromatic heterocycles. The van der Waals surface area contributed by atoms with E-state index in [1.165, 1.54) is 11.5 Å². The van der Waals surface area contributed by atoms with E-state index >= 15 is 0 Å². The molecule has 0 aliphatic rings. The largest absolute Gasteiger partial charge is 0.507 e. The molecule has 0 bridgehead atoms. The molecule has 0 amide bonds. The van der Waals surface area contributed by atoms with E-state index in [-0.39, 0.29) is 5.75 Å². The average Bonchev–Trinajstić information content (AvgIpc) is 2.71. The molecule has 0 spiro atoms. The summed E-state index contributed by atoms with van der Waals surface area (Å²) in [6.07, 6.45) is 1.71. The molecule has 72 valence electrons. The summed E-state index contributed by atoms with van der Waals surface area (Å²) in [5.74, 6) is 0.973. The number of hydrogen-bond acceptors (Lipinski definition) is 4. The third kappa shape index (κ3) is 1.56. The fourth-order valence-electron chi connectivity index (χ4n) is 1.19. The maximum atomic E-state index is 9.63. The fourth-order valence-corrected chi connectivity index (χ4v) is 1.81. The molecule has 0 aliphatic heterocycles. The maximum absolute atomic E-state index is 9.63. The molecule has 4 heteroatoms. The van der Waals surface area contributed by atoms with Crippen LogP contribution in [0, 0.1) is 0 Å². The van der Waals surface area contributed by atoms with Crippen LogP contribution < -0.4 is 4.74 Å². The Hall–Kier alpha value is -1.55. The van der Waals surface area contributed by atoms with Gasteiger partial charge in [0.15, 0.2) is 0 Å². The number of aromatic hydroxyl groups is 1. The molecule has 1 N–H and O–H groups in total. The van der Waals surface area contributed by atoms with Crippen molar-refractivity contribution in [2.45, 2.75) is 0 Å². The molecule has 0 aliphatic carbocycles. The van der Waals surface area contributed by atoms with E-state index in [9.17, 15) is 5.11 Å². The first-order chi connectivity index (χ1) is 6.81. The lowest BCUT2D eigenvalue weighted by Gasteiger charge is -2.04. The van der Waals surface area contributed by atoms with Gasteiger partial charge in [-0.25, -0.2) is 4.37 Å². The third-order valence-corrected chi connectivity index (χ3v) is 2.69. The Kier molecular flexibility index (Phi) is 2.37. The van der Waals surface area contributed by atoms with E-state index < -0.39 is 0 Å². The van der Waals surface area contributed by atoms with Crippen molar-refractivity contribution >= 4 is 11.5 Å². The monoisotopic (exact) mass is 207 g/mol. The number of nitrogens with zero attached hydrogens (tertiary/aromatic N) is 1. The Morgan fingerprint density at radius 2 is 2.21 bits per heavy atom. The minimum Gasteiger partial charge on any atom is -0.507 e. The highest BCUT2D eigenvalue weighted by Gasteiger charge is 2.06. The van der Waals surface area contributed by atoms with Gasteiger partial charge in [0.2, 0.25) is 0 Å². The van der Waals surface area contributed by atoms with Gasteiger partial charge in [0.25, 0.3) is 0 Å². The molecule has 0 atom stereocenters. The molecule has 0 saturated heterocycles. The van der Waals surface area contributed by atoms with Crippen molar-refractivity contribution in [3.63, 3.8) is 0 Å². The van der Waals surface area contributed by atoms with Crippen LogP contribution in [0.1, 0.15) is 0 Å². The molecule has 0 saturated carbocycles. The number of phenolic OH excluding ortho intramolecular Hbond substituents is 1. The number of aromatic nitrogens is 1. The van der Waals surface area contributed by atoms with Crippen molar-refractivity contribution in [2.75, 3.05) is 7.11 Å². The molecule has 3 nitrogen and oxygen atoms in total. The van der Waals surface area contributed by atoms with Crippen LogP contribution in [0.2, 0.25) is 0 Å². The highest BCUT2D eigenvalue weighted by Crippen LogP contribution is 2.34. The van der Waals surface area contributed by atoms with E-state index in [0.717, 1.165) is 16.2 Å². The zero-order valence-electron chi connectivity index (χ0n) is 7.60. The minimum absolute atomic E-state index is 0.245. The zero-order chi connectivity index (χ0) is 9.97. The second-order valence-corrected chi connectivity index (χ2v) is 3.59. The minimum atomic E-state index is 0.245. The van der Waals surface area contributed by atoms with Crippen molar-refractivity contribution in [1.82, 2.24) is 4.37 Å². The first-order valence-electron chi connectivity index (χ1n) is 4.09. The number of rotatable bonds is 2. The van der Waals surface area contributed by atoms with Crippen molar-refractivity contribution < 1.29 is 9.84 Å². The summed E-state index contributed by atoms with van der Waals surface area (Å²) in [4.78, 5) is 0.932. The van der Waals surface area contributed by atoms with Crippen LogP contribution in [0.25, 0.3) is 10.4 Å². The quantitative estimate of drug-likeness (QED) is 0.822. The van der Waals surface area contributed by atoms with Gasteiger partial charge >= 0.3 is 0 Å². The van der Waals surface area contributed by atoms with E-state index in [2.05, 4.69) is 4.37 Å². The maximum Gasteiger partial charge on any atom is 0.124 e. The number of benzene rings is 1. The van der Waals surface area contributed by atoms with Gasteiger partial charge in [-0.15, -0.1) is 0 Å². The van der Waals surface area contributed by atoms with Gasteiger partial charge in [0.05, 0.1) is 12.0 Å².